The maximum Gasteiger partial charge on any atom is 0.0546 e. The molecule has 55 heavy (non-hydrogen) atoms. The van der Waals surface area contributed by atoms with Crippen LogP contribution in [0.15, 0.2) is 218 Å². The molecular weight excluding hydrogens is 665 g/mol. The third-order valence-corrected chi connectivity index (χ3v) is 10.9. The summed E-state index contributed by atoms with van der Waals surface area (Å²) in [6.45, 7) is 0. The van der Waals surface area contributed by atoms with E-state index in [1.807, 2.05) is 0 Å². The second-order valence-corrected chi connectivity index (χ2v) is 14.1. The normalized spacial score (nSPS) is 11.6. The van der Waals surface area contributed by atoms with Crippen LogP contribution < -0.4 is 9.80 Å². The number of nitrogens with zero attached hydrogens (tertiary/aromatic N) is 2. The maximum atomic E-state index is 2.48. The zero-order valence-corrected chi connectivity index (χ0v) is 30.4. The van der Waals surface area contributed by atoms with Crippen LogP contribution in [0.3, 0.4) is 0 Å². The lowest BCUT2D eigenvalue weighted by molar-refractivity contribution is 1.20. The number of hydrogen-bond donors (Lipinski definition) is 0. The third kappa shape index (κ3) is 5.95. The molecule has 0 spiro atoms. The number of para-hydroxylation sites is 2. The number of hydrogen-bond acceptors (Lipinski definition) is 2. The number of rotatable bonds is 8. The van der Waals surface area contributed by atoms with Crippen LogP contribution in [0, 0.1) is 0 Å². The van der Waals surface area contributed by atoms with E-state index in [2.05, 4.69) is 228 Å². The van der Waals surface area contributed by atoms with E-state index in [4.69, 9.17) is 0 Å². The highest BCUT2D eigenvalue weighted by molar-refractivity contribution is 6.06. The molecule has 9 aromatic rings. The Morgan fingerprint density at radius 2 is 0.836 bits per heavy atom. The van der Waals surface area contributed by atoms with Gasteiger partial charge in [-0.15, -0.1) is 0 Å². The molecule has 9 aromatic carbocycles. The Kier molecular flexibility index (Phi) is 8.27. The van der Waals surface area contributed by atoms with Crippen LogP contribution in [0.4, 0.5) is 34.1 Å². The van der Waals surface area contributed by atoms with Gasteiger partial charge in [0.05, 0.1) is 11.4 Å². The smallest absolute Gasteiger partial charge is 0.0546 e. The fourth-order valence-electron chi connectivity index (χ4n) is 8.32. The summed E-state index contributed by atoms with van der Waals surface area (Å²) in [5.41, 5.74) is 17.0. The van der Waals surface area contributed by atoms with Gasteiger partial charge in [-0.1, -0.05) is 158 Å². The highest BCUT2D eigenvalue weighted by Crippen LogP contribution is 2.49. The van der Waals surface area contributed by atoms with Crippen LogP contribution in [-0.2, 0) is 6.42 Å². The average molecular weight is 703 g/mol. The summed E-state index contributed by atoms with van der Waals surface area (Å²) < 4.78 is 0. The fourth-order valence-corrected chi connectivity index (χ4v) is 8.32. The first-order valence-electron chi connectivity index (χ1n) is 19.0. The number of fused-ring (bicyclic) bond motifs is 4. The molecule has 0 heterocycles. The second-order valence-electron chi connectivity index (χ2n) is 14.1. The van der Waals surface area contributed by atoms with Crippen molar-refractivity contribution in [1.29, 1.82) is 0 Å². The van der Waals surface area contributed by atoms with E-state index in [1.54, 1.807) is 0 Å². The lowest BCUT2D eigenvalue weighted by Gasteiger charge is -2.31. The van der Waals surface area contributed by atoms with Gasteiger partial charge >= 0.3 is 0 Å². The second kappa shape index (κ2) is 14.0. The van der Waals surface area contributed by atoms with Crippen LogP contribution in [0.5, 0.6) is 0 Å². The molecule has 0 N–H and O–H groups in total. The molecule has 260 valence electrons. The summed E-state index contributed by atoms with van der Waals surface area (Å²) in [6, 6.07) is 79.0. The maximum absolute atomic E-state index is 2.48. The van der Waals surface area contributed by atoms with E-state index in [-0.39, 0.29) is 0 Å². The van der Waals surface area contributed by atoms with Gasteiger partial charge in [0.2, 0.25) is 0 Å². The number of anilines is 6. The van der Waals surface area contributed by atoms with Crippen molar-refractivity contribution >= 4 is 44.9 Å². The lowest BCUT2D eigenvalue weighted by Crippen LogP contribution is -2.13. The molecule has 1 aliphatic carbocycles. The molecule has 10 rings (SSSR count). The monoisotopic (exact) mass is 702 g/mol. The molecule has 0 bridgehead atoms. The SMILES string of the molecule is c1ccc(-c2ccc(N(c3ccccc3)c3ccc(-c4c(N(c5ccccc5)c5cccc6c5Cc5ccccc5-6)ccc5ccccc45)cc3)cc2)cc1. The first-order chi connectivity index (χ1) is 27.3. The van der Waals surface area contributed by atoms with Crippen molar-refractivity contribution < 1.29 is 0 Å². The summed E-state index contributed by atoms with van der Waals surface area (Å²) in [6.07, 6.45) is 0.907. The van der Waals surface area contributed by atoms with E-state index in [9.17, 15) is 0 Å². The van der Waals surface area contributed by atoms with Gasteiger partial charge in [-0.25, -0.2) is 0 Å². The van der Waals surface area contributed by atoms with Crippen LogP contribution in [0.25, 0.3) is 44.2 Å². The molecule has 0 atom stereocenters. The predicted molar refractivity (Wildman–Crippen MR) is 232 cm³/mol. The molecule has 0 amide bonds. The molecule has 0 radical (unpaired) electrons. The Morgan fingerprint density at radius 1 is 0.309 bits per heavy atom. The first kappa shape index (κ1) is 32.5. The molecule has 1 aliphatic rings. The van der Waals surface area contributed by atoms with E-state index >= 15 is 0 Å². The summed E-state index contributed by atoms with van der Waals surface area (Å²) in [5.74, 6) is 0. The molecular formula is C53H38N2. The Hall–Kier alpha value is -7.16. The van der Waals surface area contributed by atoms with Gasteiger partial charge in [-0.2, -0.15) is 0 Å². The standard InChI is InChI=1S/C53H38N2/c1-4-15-38(16-5-1)39-27-32-45(33-28-39)54(43-19-6-2-7-20-43)46-34-29-41(30-35-46)53-48-24-13-10-17-40(48)31-36-52(53)55(44-21-8-3-9-22-44)51-26-14-25-49-47-23-12-11-18-42(47)37-50(49)51/h1-36H,37H2. The average Bonchev–Trinajstić information content (AvgIpc) is 3.65. The van der Waals surface area contributed by atoms with Crippen LogP contribution in [-0.4, -0.2) is 0 Å². The van der Waals surface area contributed by atoms with Crippen molar-refractivity contribution in [2.45, 2.75) is 6.42 Å². The lowest BCUT2D eigenvalue weighted by atomic mass is 9.94. The summed E-state index contributed by atoms with van der Waals surface area (Å²) >= 11 is 0. The van der Waals surface area contributed by atoms with Gasteiger partial charge in [-0.05, 0) is 110 Å². The molecule has 0 aromatic heterocycles. The minimum absolute atomic E-state index is 0.907. The first-order valence-corrected chi connectivity index (χ1v) is 19.0. The van der Waals surface area contributed by atoms with Gasteiger partial charge in [0, 0.05) is 34.7 Å². The summed E-state index contributed by atoms with van der Waals surface area (Å²) in [5, 5.41) is 2.44. The molecule has 2 nitrogen and oxygen atoms in total. The van der Waals surface area contributed by atoms with Crippen molar-refractivity contribution in [1.82, 2.24) is 0 Å². The van der Waals surface area contributed by atoms with Gasteiger partial charge < -0.3 is 9.80 Å². The minimum atomic E-state index is 0.907. The van der Waals surface area contributed by atoms with E-state index in [1.165, 1.54) is 61.0 Å². The molecule has 2 heteroatoms. The van der Waals surface area contributed by atoms with Gasteiger partial charge in [0.25, 0.3) is 0 Å². The van der Waals surface area contributed by atoms with Crippen LogP contribution in [0.1, 0.15) is 11.1 Å². The highest BCUT2D eigenvalue weighted by Gasteiger charge is 2.27. The topological polar surface area (TPSA) is 6.48 Å². The predicted octanol–water partition coefficient (Wildman–Crippen LogP) is 14.7. The van der Waals surface area contributed by atoms with Gasteiger partial charge in [0.1, 0.15) is 0 Å². The Bertz CT molecular complexity index is 2760. The Balaban J connectivity index is 1.12. The van der Waals surface area contributed by atoms with E-state index in [0.717, 1.165) is 34.9 Å². The Morgan fingerprint density at radius 3 is 1.55 bits per heavy atom. The van der Waals surface area contributed by atoms with Gasteiger partial charge in [-0.3, -0.25) is 0 Å². The van der Waals surface area contributed by atoms with Crippen LogP contribution in [0.2, 0.25) is 0 Å². The fraction of sp³-hybridized carbons (Fsp3) is 0.0189. The molecule has 0 saturated carbocycles. The van der Waals surface area contributed by atoms with Crippen molar-refractivity contribution in [2.75, 3.05) is 9.80 Å². The quantitative estimate of drug-likeness (QED) is 0.156. The minimum Gasteiger partial charge on any atom is -0.311 e. The van der Waals surface area contributed by atoms with Gasteiger partial charge in [0.15, 0.2) is 0 Å². The zero-order chi connectivity index (χ0) is 36.6. The summed E-state index contributed by atoms with van der Waals surface area (Å²) in [7, 11) is 0. The molecule has 0 fully saturated rings. The molecule has 0 aliphatic heterocycles. The molecule has 0 saturated heterocycles. The van der Waals surface area contributed by atoms with Crippen LogP contribution >= 0.6 is 0 Å². The zero-order valence-electron chi connectivity index (χ0n) is 30.4. The van der Waals surface area contributed by atoms with Crippen molar-refractivity contribution in [2.24, 2.45) is 0 Å². The van der Waals surface area contributed by atoms with E-state index in [0.29, 0.717) is 0 Å². The third-order valence-electron chi connectivity index (χ3n) is 10.9. The van der Waals surface area contributed by atoms with E-state index < -0.39 is 0 Å². The van der Waals surface area contributed by atoms with Crippen molar-refractivity contribution in [3.05, 3.63) is 230 Å². The van der Waals surface area contributed by atoms with Crippen molar-refractivity contribution in [3.8, 4) is 33.4 Å². The Labute approximate surface area is 322 Å². The van der Waals surface area contributed by atoms with Crippen molar-refractivity contribution in [3.63, 3.8) is 0 Å². The largest absolute Gasteiger partial charge is 0.311 e. The summed E-state index contributed by atoms with van der Waals surface area (Å²) in [4.78, 5) is 4.81. The number of benzene rings is 9. The highest BCUT2D eigenvalue weighted by atomic mass is 15.2. The molecule has 0 unspecified atom stereocenters.